The summed E-state index contributed by atoms with van der Waals surface area (Å²) >= 11 is 5.84. The van der Waals surface area contributed by atoms with Gasteiger partial charge in [-0.05, 0) is 29.8 Å². The summed E-state index contributed by atoms with van der Waals surface area (Å²) in [6.45, 7) is 0.656. The molecule has 2 N–H and O–H groups in total. The highest BCUT2D eigenvalue weighted by molar-refractivity contribution is 6.30. The van der Waals surface area contributed by atoms with Crippen molar-refractivity contribution >= 4 is 11.6 Å². The number of aliphatic hydroxyl groups excluding tert-OH is 1. The Bertz CT molecular complexity index is 473. The molecule has 0 saturated heterocycles. The van der Waals surface area contributed by atoms with Gasteiger partial charge in [0, 0.05) is 17.8 Å². The average Bonchev–Trinajstić information content (AvgIpc) is 2.42. The zero-order valence-corrected chi connectivity index (χ0v) is 10.6. The lowest BCUT2D eigenvalue weighted by Gasteiger charge is -2.16. The second-order valence-electron chi connectivity index (χ2n) is 3.99. The Balaban J connectivity index is 1.99. The monoisotopic (exact) mass is 262 g/mol. The fourth-order valence-corrected chi connectivity index (χ4v) is 1.84. The van der Waals surface area contributed by atoms with Crippen LogP contribution in [-0.2, 0) is 6.54 Å². The van der Waals surface area contributed by atoms with Crippen molar-refractivity contribution in [3.05, 3.63) is 64.9 Å². The van der Waals surface area contributed by atoms with E-state index in [0.29, 0.717) is 11.6 Å². The number of aliphatic hydroxyl groups is 1. The number of hydrogen-bond donors (Lipinski definition) is 2. The highest BCUT2D eigenvalue weighted by atomic mass is 35.5. The summed E-state index contributed by atoms with van der Waals surface area (Å²) in [6, 6.07) is 13.1. The molecule has 94 valence electrons. The second-order valence-corrected chi connectivity index (χ2v) is 4.43. The van der Waals surface area contributed by atoms with Crippen molar-refractivity contribution in [3.63, 3.8) is 0 Å². The molecule has 4 heteroatoms. The molecule has 0 aliphatic carbocycles. The summed E-state index contributed by atoms with van der Waals surface area (Å²) in [5.74, 6) is 0. The van der Waals surface area contributed by atoms with E-state index in [2.05, 4.69) is 10.3 Å². The standard InChI is InChI=1S/C14H15ClN2O/c15-12-6-4-11(5-7-12)14(10-18)17-9-13-3-1-2-8-16-13/h1-8,14,17-18H,9-10H2. The van der Waals surface area contributed by atoms with Crippen LogP contribution in [0.1, 0.15) is 17.3 Å². The molecule has 1 aromatic carbocycles. The van der Waals surface area contributed by atoms with Gasteiger partial charge in [-0.1, -0.05) is 29.8 Å². The van der Waals surface area contributed by atoms with E-state index in [1.807, 2.05) is 42.5 Å². The minimum atomic E-state index is -0.107. The molecule has 0 fully saturated rings. The van der Waals surface area contributed by atoms with E-state index in [4.69, 9.17) is 11.6 Å². The smallest absolute Gasteiger partial charge is 0.0626 e. The number of benzene rings is 1. The molecule has 18 heavy (non-hydrogen) atoms. The van der Waals surface area contributed by atoms with Gasteiger partial charge in [0.1, 0.15) is 0 Å². The van der Waals surface area contributed by atoms with Gasteiger partial charge >= 0.3 is 0 Å². The van der Waals surface area contributed by atoms with E-state index in [1.165, 1.54) is 0 Å². The summed E-state index contributed by atoms with van der Waals surface area (Å²) in [5.41, 5.74) is 1.96. The Morgan fingerprint density at radius 3 is 2.56 bits per heavy atom. The Labute approximate surface area is 111 Å². The molecule has 2 rings (SSSR count). The van der Waals surface area contributed by atoms with Crippen LogP contribution in [0.5, 0.6) is 0 Å². The number of nitrogens with zero attached hydrogens (tertiary/aromatic N) is 1. The highest BCUT2D eigenvalue weighted by Gasteiger charge is 2.09. The lowest BCUT2D eigenvalue weighted by Crippen LogP contribution is -2.24. The molecular weight excluding hydrogens is 248 g/mol. The number of halogens is 1. The Hall–Kier alpha value is -1.42. The van der Waals surface area contributed by atoms with Gasteiger partial charge in [0.05, 0.1) is 18.3 Å². The maximum Gasteiger partial charge on any atom is 0.0626 e. The normalized spacial score (nSPS) is 12.3. The Morgan fingerprint density at radius 1 is 1.17 bits per heavy atom. The van der Waals surface area contributed by atoms with Gasteiger partial charge in [-0.2, -0.15) is 0 Å². The van der Waals surface area contributed by atoms with E-state index in [9.17, 15) is 5.11 Å². The Kier molecular flexibility index (Phi) is 4.70. The SMILES string of the molecule is OCC(NCc1ccccn1)c1ccc(Cl)cc1. The average molecular weight is 263 g/mol. The number of aromatic nitrogens is 1. The van der Waals surface area contributed by atoms with Crippen LogP contribution in [0.25, 0.3) is 0 Å². The van der Waals surface area contributed by atoms with Crippen LogP contribution in [0.2, 0.25) is 5.02 Å². The molecule has 2 aromatic rings. The molecule has 0 spiro atoms. The summed E-state index contributed by atoms with van der Waals surface area (Å²) in [6.07, 6.45) is 1.76. The third kappa shape index (κ3) is 3.53. The van der Waals surface area contributed by atoms with E-state index in [-0.39, 0.29) is 12.6 Å². The summed E-state index contributed by atoms with van der Waals surface area (Å²) in [4.78, 5) is 4.23. The van der Waals surface area contributed by atoms with Crippen molar-refractivity contribution in [2.24, 2.45) is 0 Å². The van der Waals surface area contributed by atoms with Crippen LogP contribution in [0.15, 0.2) is 48.7 Å². The van der Waals surface area contributed by atoms with Crippen LogP contribution in [0.3, 0.4) is 0 Å². The Morgan fingerprint density at radius 2 is 1.94 bits per heavy atom. The summed E-state index contributed by atoms with van der Waals surface area (Å²) in [7, 11) is 0. The predicted molar refractivity (Wildman–Crippen MR) is 72.4 cm³/mol. The molecule has 0 saturated carbocycles. The largest absolute Gasteiger partial charge is 0.394 e. The molecule has 1 atom stereocenters. The van der Waals surface area contributed by atoms with Crippen LogP contribution >= 0.6 is 11.6 Å². The quantitative estimate of drug-likeness (QED) is 0.871. The van der Waals surface area contributed by atoms with Crippen LogP contribution in [-0.4, -0.2) is 16.7 Å². The van der Waals surface area contributed by atoms with Gasteiger partial charge in [0.2, 0.25) is 0 Å². The first-order valence-corrected chi connectivity index (χ1v) is 6.17. The third-order valence-corrected chi connectivity index (χ3v) is 2.96. The van der Waals surface area contributed by atoms with Crippen molar-refractivity contribution in [3.8, 4) is 0 Å². The number of pyridine rings is 1. The van der Waals surface area contributed by atoms with Crippen molar-refractivity contribution in [1.29, 1.82) is 0 Å². The zero-order valence-electron chi connectivity index (χ0n) is 9.88. The number of nitrogens with one attached hydrogen (secondary N) is 1. The molecule has 0 amide bonds. The van der Waals surface area contributed by atoms with Gasteiger partial charge in [-0.25, -0.2) is 0 Å². The maximum absolute atomic E-state index is 9.41. The topological polar surface area (TPSA) is 45.1 Å². The lowest BCUT2D eigenvalue weighted by atomic mass is 10.1. The fourth-order valence-electron chi connectivity index (χ4n) is 1.71. The van der Waals surface area contributed by atoms with E-state index in [1.54, 1.807) is 6.20 Å². The second kappa shape index (κ2) is 6.50. The molecular formula is C14H15ClN2O. The molecule has 0 aliphatic heterocycles. The van der Waals surface area contributed by atoms with Crippen molar-refractivity contribution < 1.29 is 5.11 Å². The third-order valence-electron chi connectivity index (χ3n) is 2.71. The van der Waals surface area contributed by atoms with E-state index < -0.39 is 0 Å². The zero-order chi connectivity index (χ0) is 12.8. The van der Waals surface area contributed by atoms with Crippen molar-refractivity contribution in [2.45, 2.75) is 12.6 Å². The first-order valence-electron chi connectivity index (χ1n) is 5.79. The van der Waals surface area contributed by atoms with Gasteiger partial charge in [0.25, 0.3) is 0 Å². The van der Waals surface area contributed by atoms with Crippen LogP contribution in [0, 0.1) is 0 Å². The highest BCUT2D eigenvalue weighted by Crippen LogP contribution is 2.16. The molecule has 0 aliphatic rings. The molecule has 0 radical (unpaired) electrons. The molecule has 3 nitrogen and oxygen atoms in total. The molecule has 1 aromatic heterocycles. The van der Waals surface area contributed by atoms with E-state index in [0.717, 1.165) is 11.3 Å². The maximum atomic E-state index is 9.41. The predicted octanol–water partition coefficient (Wildman–Crippen LogP) is 2.56. The summed E-state index contributed by atoms with van der Waals surface area (Å²) in [5, 5.41) is 13.4. The minimum Gasteiger partial charge on any atom is -0.394 e. The van der Waals surface area contributed by atoms with Gasteiger partial charge in [-0.3, -0.25) is 4.98 Å². The van der Waals surface area contributed by atoms with Gasteiger partial charge in [0.15, 0.2) is 0 Å². The first-order chi connectivity index (χ1) is 8.79. The van der Waals surface area contributed by atoms with Crippen LogP contribution in [0.4, 0.5) is 0 Å². The fraction of sp³-hybridized carbons (Fsp3) is 0.214. The summed E-state index contributed by atoms with van der Waals surface area (Å²) < 4.78 is 0. The van der Waals surface area contributed by atoms with Gasteiger partial charge in [-0.15, -0.1) is 0 Å². The van der Waals surface area contributed by atoms with Gasteiger partial charge < -0.3 is 10.4 Å². The number of rotatable bonds is 5. The minimum absolute atomic E-state index is 0.0362. The first kappa shape index (κ1) is 13.0. The molecule has 0 bridgehead atoms. The van der Waals surface area contributed by atoms with Crippen LogP contribution < -0.4 is 5.32 Å². The lowest BCUT2D eigenvalue weighted by molar-refractivity contribution is 0.243. The molecule has 1 unspecified atom stereocenters. The molecule has 1 heterocycles. The van der Waals surface area contributed by atoms with Crippen molar-refractivity contribution in [2.75, 3.05) is 6.61 Å². The van der Waals surface area contributed by atoms with E-state index >= 15 is 0 Å². The van der Waals surface area contributed by atoms with Crippen molar-refractivity contribution in [1.82, 2.24) is 10.3 Å². The number of hydrogen-bond acceptors (Lipinski definition) is 3.